The minimum Gasteiger partial charge on any atom is -0.487 e. The fourth-order valence-electron chi connectivity index (χ4n) is 1.63. The number of hydrogen-bond acceptors (Lipinski definition) is 2. The molecule has 0 saturated heterocycles. The number of benzene rings is 1. The van der Waals surface area contributed by atoms with E-state index in [0.717, 1.165) is 27.9 Å². The highest BCUT2D eigenvalue weighted by molar-refractivity contribution is 9.10. The van der Waals surface area contributed by atoms with E-state index in [1.807, 2.05) is 35.3 Å². The zero-order valence-corrected chi connectivity index (χ0v) is 12.4. The topological polar surface area (TPSA) is 27.1 Å². The summed E-state index contributed by atoms with van der Waals surface area (Å²) in [5.74, 6) is 1.24. The van der Waals surface area contributed by atoms with Crippen LogP contribution in [0.3, 0.4) is 0 Å². The predicted molar refractivity (Wildman–Crippen MR) is 75.9 cm³/mol. The highest BCUT2D eigenvalue weighted by Crippen LogP contribution is 2.30. The summed E-state index contributed by atoms with van der Waals surface area (Å²) in [4.78, 5) is 0. The Hall–Kier alpha value is -1.00. The molecule has 0 N–H and O–H groups in total. The Labute approximate surface area is 120 Å². The molecule has 1 aromatic carbocycles. The largest absolute Gasteiger partial charge is 0.487 e. The number of alkyl halides is 1. The molecule has 3 nitrogen and oxygen atoms in total. The molecule has 1 heterocycles. The van der Waals surface area contributed by atoms with Crippen LogP contribution in [0.4, 0.5) is 0 Å². The van der Waals surface area contributed by atoms with Crippen molar-refractivity contribution < 1.29 is 4.74 Å². The summed E-state index contributed by atoms with van der Waals surface area (Å²) in [5.41, 5.74) is 2.03. The molecule has 18 heavy (non-hydrogen) atoms. The predicted octanol–water partition coefficient (Wildman–Crippen LogP) is 3.98. The number of halogens is 2. The van der Waals surface area contributed by atoms with Gasteiger partial charge in [0.15, 0.2) is 0 Å². The summed E-state index contributed by atoms with van der Waals surface area (Å²) < 4.78 is 8.61. The summed E-state index contributed by atoms with van der Waals surface area (Å²) in [7, 11) is 0. The maximum Gasteiger partial charge on any atom is 0.138 e. The van der Waals surface area contributed by atoms with Gasteiger partial charge in [0.25, 0.3) is 0 Å². The molecule has 0 unspecified atom stereocenters. The lowest BCUT2D eigenvalue weighted by Crippen LogP contribution is -1.98. The van der Waals surface area contributed by atoms with Crippen molar-refractivity contribution >= 4 is 27.5 Å². The Kier molecular flexibility index (Phi) is 4.66. The number of ether oxygens (including phenoxy) is 1. The van der Waals surface area contributed by atoms with Gasteiger partial charge in [-0.05, 0) is 28.9 Å². The van der Waals surface area contributed by atoms with Gasteiger partial charge in [0.2, 0.25) is 0 Å². The average Bonchev–Trinajstić information content (AvgIpc) is 2.85. The molecule has 0 spiro atoms. The lowest BCUT2D eigenvalue weighted by atomic mass is 10.2. The first-order valence-electron chi connectivity index (χ1n) is 5.72. The number of nitrogens with zero attached hydrogens (tertiary/aromatic N) is 2. The first kappa shape index (κ1) is 13.4. The maximum atomic E-state index is 5.90. The van der Waals surface area contributed by atoms with Crippen molar-refractivity contribution in [2.75, 3.05) is 0 Å². The van der Waals surface area contributed by atoms with E-state index in [1.54, 1.807) is 0 Å². The van der Waals surface area contributed by atoms with Gasteiger partial charge in [-0.15, -0.1) is 11.6 Å². The van der Waals surface area contributed by atoms with E-state index in [0.29, 0.717) is 12.5 Å². The van der Waals surface area contributed by atoms with E-state index in [-0.39, 0.29) is 0 Å². The lowest BCUT2D eigenvalue weighted by molar-refractivity contribution is 0.301. The molecule has 0 radical (unpaired) electrons. The van der Waals surface area contributed by atoms with Gasteiger partial charge in [0, 0.05) is 23.9 Å². The Morgan fingerprint density at radius 1 is 1.44 bits per heavy atom. The van der Waals surface area contributed by atoms with Crippen molar-refractivity contribution in [1.29, 1.82) is 0 Å². The van der Waals surface area contributed by atoms with Crippen LogP contribution in [0.2, 0.25) is 0 Å². The molecule has 0 bridgehead atoms. The van der Waals surface area contributed by atoms with Gasteiger partial charge in [-0.3, -0.25) is 4.68 Å². The second-order valence-electron chi connectivity index (χ2n) is 3.85. The van der Waals surface area contributed by atoms with Gasteiger partial charge >= 0.3 is 0 Å². The number of para-hydroxylation sites is 1. The van der Waals surface area contributed by atoms with E-state index in [2.05, 4.69) is 28.0 Å². The van der Waals surface area contributed by atoms with Gasteiger partial charge in [0.1, 0.15) is 12.4 Å². The molecule has 2 rings (SSSR count). The van der Waals surface area contributed by atoms with Gasteiger partial charge in [-0.2, -0.15) is 5.10 Å². The van der Waals surface area contributed by atoms with E-state index >= 15 is 0 Å². The molecule has 96 valence electrons. The first-order chi connectivity index (χ1) is 8.74. The highest BCUT2D eigenvalue weighted by Gasteiger charge is 2.08. The molecule has 0 aliphatic heterocycles. The van der Waals surface area contributed by atoms with Crippen molar-refractivity contribution in [2.24, 2.45) is 0 Å². The van der Waals surface area contributed by atoms with Crippen molar-refractivity contribution in [3.05, 3.63) is 46.2 Å². The Morgan fingerprint density at radius 3 is 2.94 bits per heavy atom. The fourth-order valence-corrected chi connectivity index (χ4v) is 2.36. The van der Waals surface area contributed by atoms with Crippen LogP contribution in [0.1, 0.15) is 18.1 Å². The van der Waals surface area contributed by atoms with Crippen LogP contribution in [0.25, 0.3) is 0 Å². The van der Waals surface area contributed by atoms with E-state index < -0.39 is 0 Å². The van der Waals surface area contributed by atoms with Crippen LogP contribution in [0.15, 0.2) is 35.1 Å². The van der Waals surface area contributed by atoms with Crippen molar-refractivity contribution in [3.63, 3.8) is 0 Å². The first-order valence-corrected chi connectivity index (χ1v) is 7.04. The smallest absolute Gasteiger partial charge is 0.138 e. The second-order valence-corrected chi connectivity index (χ2v) is 4.98. The number of rotatable bonds is 5. The molecule has 1 aromatic heterocycles. The summed E-state index contributed by atoms with van der Waals surface area (Å²) in [6.07, 6.45) is 3.80. The van der Waals surface area contributed by atoms with E-state index in [4.69, 9.17) is 16.3 Å². The zero-order chi connectivity index (χ0) is 13.0. The molecule has 0 aliphatic carbocycles. The van der Waals surface area contributed by atoms with Gasteiger partial charge in [0.05, 0.1) is 16.5 Å². The quantitative estimate of drug-likeness (QED) is 0.776. The molecule has 2 aromatic rings. The van der Waals surface area contributed by atoms with Crippen molar-refractivity contribution in [2.45, 2.75) is 26.0 Å². The third-order valence-corrected chi connectivity index (χ3v) is 3.50. The SMILES string of the molecule is CCn1cc(COc2c(Br)cccc2CCl)cn1. The monoisotopic (exact) mass is 328 g/mol. The number of hydrogen-bond donors (Lipinski definition) is 0. The zero-order valence-electron chi connectivity index (χ0n) is 10.1. The molecule has 0 atom stereocenters. The Morgan fingerprint density at radius 2 is 2.28 bits per heavy atom. The molecule has 0 fully saturated rings. The Balaban J connectivity index is 2.10. The molecule has 5 heteroatoms. The summed E-state index contributed by atoms with van der Waals surface area (Å²) in [6, 6.07) is 5.85. The van der Waals surface area contributed by atoms with Crippen molar-refractivity contribution in [3.8, 4) is 5.75 Å². The van der Waals surface area contributed by atoms with Gasteiger partial charge in [-0.1, -0.05) is 12.1 Å². The van der Waals surface area contributed by atoms with Crippen LogP contribution in [-0.2, 0) is 19.0 Å². The van der Waals surface area contributed by atoms with Crippen LogP contribution in [0.5, 0.6) is 5.75 Å². The average molecular weight is 330 g/mol. The maximum absolute atomic E-state index is 5.90. The standard InChI is InChI=1S/C13H14BrClN2O/c1-2-17-8-10(7-16-17)9-18-13-11(6-15)4-3-5-12(13)14/h3-5,7-8H,2,6,9H2,1H3. The number of aryl methyl sites for hydroxylation is 1. The Bertz CT molecular complexity index is 527. The van der Waals surface area contributed by atoms with Gasteiger partial charge in [-0.25, -0.2) is 0 Å². The minimum atomic E-state index is 0.434. The molecule has 0 aliphatic rings. The van der Waals surface area contributed by atoms with Crippen LogP contribution < -0.4 is 4.74 Å². The van der Waals surface area contributed by atoms with Crippen molar-refractivity contribution in [1.82, 2.24) is 9.78 Å². The summed E-state index contributed by atoms with van der Waals surface area (Å²) in [6.45, 7) is 3.41. The van der Waals surface area contributed by atoms with E-state index in [1.165, 1.54) is 0 Å². The molecule has 0 saturated carbocycles. The number of aromatic nitrogens is 2. The molecule has 0 amide bonds. The van der Waals surface area contributed by atoms with Crippen LogP contribution in [0, 0.1) is 0 Å². The van der Waals surface area contributed by atoms with Crippen LogP contribution in [-0.4, -0.2) is 9.78 Å². The highest BCUT2D eigenvalue weighted by atomic mass is 79.9. The molecular formula is C13H14BrClN2O. The lowest BCUT2D eigenvalue weighted by Gasteiger charge is -2.10. The second kappa shape index (κ2) is 6.25. The third-order valence-electron chi connectivity index (χ3n) is 2.59. The molecular weight excluding hydrogens is 316 g/mol. The van der Waals surface area contributed by atoms with E-state index in [9.17, 15) is 0 Å². The van der Waals surface area contributed by atoms with Crippen LogP contribution >= 0.6 is 27.5 Å². The normalized spacial score (nSPS) is 10.6. The summed E-state index contributed by atoms with van der Waals surface area (Å²) >= 11 is 9.37. The third kappa shape index (κ3) is 3.06. The van der Waals surface area contributed by atoms with Gasteiger partial charge < -0.3 is 4.74 Å². The fraction of sp³-hybridized carbons (Fsp3) is 0.308. The summed E-state index contributed by atoms with van der Waals surface area (Å²) in [5, 5.41) is 4.21. The minimum absolute atomic E-state index is 0.434.